The van der Waals surface area contributed by atoms with Crippen LogP contribution < -0.4 is 10.6 Å². The number of carbonyl (C=O) groups is 1. The minimum Gasteiger partial charge on any atom is -0.326 e. The molecule has 2 N–H and O–H groups in total. The van der Waals surface area contributed by atoms with Crippen LogP contribution in [0.15, 0.2) is 47.5 Å². The number of hydrogen-bond donors (Lipinski definition) is 2. The maximum Gasteiger partial charge on any atom is 0.257 e. The van der Waals surface area contributed by atoms with E-state index in [-0.39, 0.29) is 5.91 Å². The van der Waals surface area contributed by atoms with E-state index in [0.29, 0.717) is 23.1 Å². The lowest BCUT2D eigenvalue weighted by Gasteiger charge is -2.14. The first kappa shape index (κ1) is 21.6. The van der Waals surface area contributed by atoms with Crippen LogP contribution in [0.2, 0.25) is 5.02 Å². The highest BCUT2D eigenvalue weighted by atomic mass is 35.5. The summed E-state index contributed by atoms with van der Waals surface area (Å²) in [6.07, 6.45) is 0. The Labute approximate surface area is 182 Å². The number of anilines is 1. The van der Waals surface area contributed by atoms with Crippen molar-refractivity contribution in [2.75, 3.05) is 5.32 Å². The van der Waals surface area contributed by atoms with Crippen molar-refractivity contribution in [3.8, 4) is 0 Å². The molecule has 156 valence electrons. The van der Waals surface area contributed by atoms with Gasteiger partial charge in [-0.15, -0.1) is 0 Å². The van der Waals surface area contributed by atoms with Gasteiger partial charge in [-0.25, -0.2) is 4.99 Å². The van der Waals surface area contributed by atoms with E-state index in [4.69, 9.17) is 11.6 Å². The van der Waals surface area contributed by atoms with Crippen LogP contribution >= 0.6 is 11.6 Å². The summed E-state index contributed by atoms with van der Waals surface area (Å²) < 4.78 is 1.83. The second-order valence-corrected chi connectivity index (χ2v) is 7.71. The molecule has 0 atom stereocenters. The Balaban J connectivity index is 1.91. The monoisotopic (exact) mass is 423 g/mol. The fourth-order valence-electron chi connectivity index (χ4n) is 3.15. The van der Waals surface area contributed by atoms with Crippen molar-refractivity contribution in [1.29, 1.82) is 0 Å². The van der Waals surface area contributed by atoms with Gasteiger partial charge in [-0.05, 0) is 57.5 Å². The predicted octanol–water partition coefficient (Wildman–Crippen LogP) is 4.71. The van der Waals surface area contributed by atoms with Crippen LogP contribution in [0, 0.1) is 27.7 Å². The Kier molecular flexibility index (Phi) is 6.57. The molecule has 30 heavy (non-hydrogen) atoms. The van der Waals surface area contributed by atoms with E-state index >= 15 is 0 Å². The Morgan fingerprint density at radius 2 is 1.87 bits per heavy atom. The first-order valence-corrected chi connectivity index (χ1v) is 10.1. The molecule has 3 aromatic rings. The van der Waals surface area contributed by atoms with E-state index < -0.39 is 0 Å². The third-order valence-electron chi connectivity index (χ3n) is 5.09. The van der Waals surface area contributed by atoms with Crippen LogP contribution in [0.25, 0.3) is 0 Å². The van der Waals surface area contributed by atoms with Gasteiger partial charge in [-0.2, -0.15) is 5.10 Å². The summed E-state index contributed by atoms with van der Waals surface area (Å²) in [5.74, 6) is 0.124. The molecule has 6 nitrogen and oxygen atoms in total. The Hall–Kier alpha value is -3.12. The molecule has 0 aliphatic carbocycles. The van der Waals surface area contributed by atoms with Gasteiger partial charge in [0.05, 0.1) is 12.2 Å². The quantitative estimate of drug-likeness (QED) is 0.471. The maximum absolute atomic E-state index is 12.8. The van der Waals surface area contributed by atoms with E-state index in [1.807, 2.05) is 75.8 Å². The molecule has 0 unspecified atom stereocenters. The molecular weight excluding hydrogens is 398 g/mol. The van der Waals surface area contributed by atoms with Crippen molar-refractivity contribution in [2.24, 2.45) is 12.0 Å². The fraction of sp³-hybridized carbons (Fsp3) is 0.261. The second kappa shape index (κ2) is 9.13. The van der Waals surface area contributed by atoms with Gasteiger partial charge in [0.2, 0.25) is 5.96 Å². The SMILES string of the molecule is Cc1cccc(C(=O)NC(=NCc2c(C)nn(C)c2C)Nc2cccc(Cl)c2C)c1. The predicted molar refractivity (Wildman–Crippen MR) is 122 cm³/mol. The zero-order valence-corrected chi connectivity index (χ0v) is 18.6. The number of aliphatic imine (C=N–C) groups is 1. The standard InChI is InChI=1S/C23H26ClN5O/c1-14-8-6-9-18(12-14)22(30)27-23(26-21-11-7-10-20(24)15(21)2)25-13-19-16(3)28-29(5)17(19)4/h6-12H,13H2,1-5H3,(H2,25,26,27,30). The molecule has 0 saturated heterocycles. The Morgan fingerprint density at radius 3 is 2.53 bits per heavy atom. The molecule has 1 heterocycles. The highest BCUT2D eigenvalue weighted by Crippen LogP contribution is 2.23. The van der Waals surface area contributed by atoms with E-state index in [0.717, 1.165) is 33.8 Å². The van der Waals surface area contributed by atoms with Gasteiger partial charge < -0.3 is 5.32 Å². The summed E-state index contributed by atoms with van der Waals surface area (Å²) in [7, 11) is 1.91. The van der Waals surface area contributed by atoms with Gasteiger partial charge >= 0.3 is 0 Å². The number of guanidine groups is 1. The molecule has 3 rings (SSSR count). The van der Waals surface area contributed by atoms with Gasteiger partial charge in [0.15, 0.2) is 0 Å². The molecule has 1 amide bonds. The normalized spacial score (nSPS) is 11.5. The summed E-state index contributed by atoms with van der Waals surface area (Å²) >= 11 is 6.26. The average molecular weight is 424 g/mol. The lowest BCUT2D eigenvalue weighted by atomic mass is 10.1. The maximum atomic E-state index is 12.8. The third-order valence-corrected chi connectivity index (χ3v) is 5.50. The number of amides is 1. The summed E-state index contributed by atoms with van der Waals surface area (Å²) in [5.41, 5.74) is 6.24. The van der Waals surface area contributed by atoms with E-state index in [9.17, 15) is 4.79 Å². The summed E-state index contributed by atoms with van der Waals surface area (Å²) in [5, 5.41) is 11.2. The molecule has 0 aliphatic heterocycles. The third kappa shape index (κ3) is 4.89. The molecular formula is C23H26ClN5O. The topological polar surface area (TPSA) is 71.3 Å². The highest BCUT2D eigenvalue weighted by Gasteiger charge is 2.13. The van der Waals surface area contributed by atoms with E-state index in [1.165, 1.54) is 0 Å². The van der Waals surface area contributed by atoms with Crippen LogP contribution in [0.1, 0.15) is 38.4 Å². The van der Waals surface area contributed by atoms with Crippen LogP contribution in [0.4, 0.5) is 5.69 Å². The minimum atomic E-state index is -0.232. The lowest BCUT2D eigenvalue weighted by Crippen LogP contribution is -2.36. The van der Waals surface area contributed by atoms with Crippen molar-refractivity contribution in [1.82, 2.24) is 15.1 Å². The molecule has 0 aliphatic rings. The fourth-order valence-corrected chi connectivity index (χ4v) is 3.33. The van der Waals surface area contributed by atoms with Crippen molar-refractivity contribution in [2.45, 2.75) is 34.2 Å². The van der Waals surface area contributed by atoms with Gasteiger partial charge in [0, 0.05) is 34.6 Å². The number of hydrogen-bond acceptors (Lipinski definition) is 3. The number of benzene rings is 2. The van der Waals surface area contributed by atoms with Gasteiger partial charge in [0.1, 0.15) is 0 Å². The van der Waals surface area contributed by atoms with Crippen LogP contribution in [0.5, 0.6) is 0 Å². The highest BCUT2D eigenvalue weighted by molar-refractivity contribution is 6.31. The number of aryl methyl sites for hydroxylation is 3. The smallest absolute Gasteiger partial charge is 0.257 e. The molecule has 0 bridgehead atoms. The Morgan fingerprint density at radius 1 is 1.13 bits per heavy atom. The van der Waals surface area contributed by atoms with Crippen molar-refractivity contribution < 1.29 is 4.79 Å². The van der Waals surface area contributed by atoms with Crippen LogP contribution in [-0.2, 0) is 13.6 Å². The Bertz CT molecular complexity index is 1120. The lowest BCUT2D eigenvalue weighted by molar-refractivity contribution is 0.0977. The summed E-state index contributed by atoms with van der Waals surface area (Å²) in [4.78, 5) is 17.5. The number of halogens is 1. The number of carbonyl (C=O) groups excluding carboxylic acids is 1. The van der Waals surface area contributed by atoms with E-state index in [2.05, 4.69) is 20.7 Å². The van der Waals surface area contributed by atoms with Gasteiger partial charge in [-0.3, -0.25) is 14.8 Å². The van der Waals surface area contributed by atoms with Crippen molar-refractivity contribution >= 4 is 29.2 Å². The van der Waals surface area contributed by atoms with E-state index in [1.54, 1.807) is 6.07 Å². The van der Waals surface area contributed by atoms with Gasteiger partial charge in [0.25, 0.3) is 5.91 Å². The van der Waals surface area contributed by atoms with Gasteiger partial charge in [-0.1, -0.05) is 35.4 Å². The molecule has 0 fully saturated rings. The molecule has 0 saturated carbocycles. The number of nitrogens with zero attached hydrogens (tertiary/aromatic N) is 3. The number of aromatic nitrogens is 2. The largest absolute Gasteiger partial charge is 0.326 e. The van der Waals surface area contributed by atoms with Crippen molar-refractivity contribution in [3.63, 3.8) is 0 Å². The first-order chi connectivity index (χ1) is 14.3. The van der Waals surface area contributed by atoms with Crippen LogP contribution in [-0.4, -0.2) is 21.6 Å². The summed E-state index contributed by atoms with van der Waals surface area (Å²) in [6.45, 7) is 8.22. The zero-order valence-electron chi connectivity index (χ0n) is 17.9. The molecule has 0 radical (unpaired) electrons. The first-order valence-electron chi connectivity index (χ1n) is 9.70. The summed E-state index contributed by atoms with van der Waals surface area (Å²) in [6, 6.07) is 13.0. The number of nitrogens with one attached hydrogen (secondary N) is 2. The van der Waals surface area contributed by atoms with Crippen LogP contribution in [0.3, 0.4) is 0 Å². The molecule has 2 aromatic carbocycles. The second-order valence-electron chi connectivity index (χ2n) is 7.30. The average Bonchev–Trinajstić information content (AvgIpc) is 2.95. The molecule has 1 aromatic heterocycles. The minimum absolute atomic E-state index is 0.232. The zero-order chi connectivity index (χ0) is 21.8. The number of rotatable bonds is 4. The molecule has 7 heteroatoms. The molecule has 0 spiro atoms. The van der Waals surface area contributed by atoms with Crippen molar-refractivity contribution in [3.05, 3.63) is 81.1 Å².